The smallest absolute Gasteiger partial charge is 0.298 e. The molecular formula is C20H18N4O. The lowest BCUT2D eigenvalue weighted by atomic mass is 10.2. The number of amides is 1. The van der Waals surface area contributed by atoms with Crippen LogP contribution in [0.5, 0.6) is 0 Å². The first-order valence-corrected chi connectivity index (χ1v) is 8.13. The zero-order chi connectivity index (χ0) is 17.6. The van der Waals surface area contributed by atoms with Crippen LogP contribution in [-0.4, -0.2) is 42.0 Å². The monoisotopic (exact) mass is 330 g/mol. The topological polar surface area (TPSA) is 40.8 Å². The first kappa shape index (κ1) is 16.5. The van der Waals surface area contributed by atoms with Gasteiger partial charge < -0.3 is 9.80 Å². The minimum Gasteiger partial charge on any atom is -0.362 e. The summed E-state index contributed by atoms with van der Waals surface area (Å²) in [6, 6.07) is 13.1. The summed E-state index contributed by atoms with van der Waals surface area (Å²) in [5.41, 5.74) is 2.27. The van der Waals surface area contributed by atoms with Gasteiger partial charge in [0, 0.05) is 43.4 Å². The fourth-order valence-corrected chi connectivity index (χ4v) is 2.70. The molecule has 0 saturated carbocycles. The molecule has 0 radical (unpaired) electrons. The quantitative estimate of drug-likeness (QED) is 0.596. The summed E-state index contributed by atoms with van der Waals surface area (Å²) in [4.78, 5) is 24.1. The Kier molecular flexibility index (Phi) is 4.97. The summed E-state index contributed by atoms with van der Waals surface area (Å²) in [6.07, 6.45) is 0. The lowest BCUT2D eigenvalue weighted by molar-refractivity contribution is -0.125. The Morgan fingerprint density at radius 3 is 2.52 bits per heavy atom. The largest absolute Gasteiger partial charge is 0.362 e. The van der Waals surface area contributed by atoms with Crippen molar-refractivity contribution < 1.29 is 4.79 Å². The third kappa shape index (κ3) is 3.97. The molecule has 1 aliphatic rings. The summed E-state index contributed by atoms with van der Waals surface area (Å²) in [6.45, 7) is 11.7. The van der Waals surface area contributed by atoms with Gasteiger partial charge in [-0.1, -0.05) is 36.3 Å². The highest BCUT2D eigenvalue weighted by molar-refractivity contribution is 5.94. The molecule has 1 aromatic heterocycles. The average molecular weight is 330 g/mol. The van der Waals surface area contributed by atoms with Gasteiger partial charge in [-0.25, -0.2) is 9.83 Å². The van der Waals surface area contributed by atoms with Crippen LogP contribution in [0.1, 0.15) is 11.3 Å². The maximum atomic E-state index is 12.3. The Labute approximate surface area is 147 Å². The molecular weight excluding hydrogens is 312 g/mol. The van der Waals surface area contributed by atoms with Gasteiger partial charge in [-0.3, -0.25) is 4.79 Å². The number of carbonyl (C=O) groups is 1. The van der Waals surface area contributed by atoms with Crippen molar-refractivity contribution in [3.05, 3.63) is 65.1 Å². The molecule has 0 aliphatic carbocycles. The molecule has 25 heavy (non-hydrogen) atoms. The van der Waals surface area contributed by atoms with Crippen LogP contribution < -0.4 is 4.90 Å². The van der Waals surface area contributed by atoms with E-state index in [9.17, 15) is 4.79 Å². The molecule has 124 valence electrons. The SMILES string of the molecule is [C-]#[N+]c1ccc(C)nc1N1CCN(C(=O)C#Cc2ccccc2)CC1. The number of rotatable bonds is 1. The van der Waals surface area contributed by atoms with E-state index >= 15 is 0 Å². The van der Waals surface area contributed by atoms with Gasteiger partial charge in [0.15, 0.2) is 0 Å². The van der Waals surface area contributed by atoms with Crippen molar-refractivity contribution in [1.82, 2.24) is 9.88 Å². The van der Waals surface area contributed by atoms with Crippen molar-refractivity contribution in [3.8, 4) is 11.8 Å². The van der Waals surface area contributed by atoms with E-state index in [1.165, 1.54) is 0 Å². The van der Waals surface area contributed by atoms with E-state index in [4.69, 9.17) is 6.57 Å². The van der Waals surface area contributed by atoms with Gasteiger partial charge in [0.25, 0.3) is 5.91 Å². The Bertz CT molecular complexity index is 866. The number of carbonyl (C=O) groups excluding carboxylic acids is 1. The predicted octanol–water partition coefficient (Wildman–Crippen LogP) is 2.64. The lowest BCUT2D eigenvalue weighted by Crippen LogP contribution is -2.48. The van der Waals surface area contributed by atoms with Gasteiger partial charge in [-0.15, -0.1) is 0 Å². The molecule has 0 spiro atoms. The van der Waals surface area contributed by atoms with Gasteiger partial charge in [0.2, 0.25) is 5.69 Å². The van der Waals surface area contributed by atoms with Crippen LogP contribution in [0.25, 0.3) is 4.85 Å². The van der Waals surface area contributed by atoms with E-state index < -0.39 is 0 Å². The Hall–Kier alpha value is -3.31. The highest BCUT2D eigenvalue weighted by Gasteiger charge is 2.22. The highest BCUT2D eigenvalue weighted by atomic mass is 16.2. The maximum absolute atomic E-state index is 12.3. The zero-order valence-electron chi connectivity index (χ0n) is 14.1. The first-order chi connectivity index (χ1) is 12.2. The number of hydrogen-bond acceptors (Lipinski definition) is 3. The molecule has 1 aromatic carbocycles. The third-order valence-electron chi connectivity index (χ3n) is 4.07. The number of nitrogens with zero attached hydrogens (tertiary/aromatic N) is 4. The Morgan fingerprint density at radius 2 is 1.84 bits per heavy atom. The summed E-state index contributed by atoms with van der Waals surface area (Å²) < 4.78 is 0. The van der Waals surface area contributed by atoms with Crippen molar-refractivity contribution in [3.63, 3.8) is 0 Å². The third-order valence-corrected chi connectivity index (χ3v) is 4.07. The molecule has 0 atom stereocenters. The van der Waals surface area contributed by atoms with Crippen LogP contribution in [0.2, 0.25) is 0 Å². The molecule has 3 rings (SSSR count). The highest BCUT2D eigenvalue weighted by Crippen LogP contribution is 2.27. The van der Waals surface area contributed by atoms with Crippen molar-refractivity contribution in [2.45, 2.75) is 6.92 Å². The summed E-state index contributed by atoms with van der Waals surface area (Å²) in [7, 11) is 0. The van der Waals surface area contributed by atoms with Gasteiger partial charge in [0.05, 0.1) is 6.57 Å². The van der Waals surface area contributed by atoms with Crippen LogP contribution in [0, 0.1) is 25.3 Å². The lowest BCUT2D eigenvalue weighted by Gasteiger charge is -2.35. The van der Waals surface area contributed by atoms with Crippen molar-refractivity contribution in [2.75, 3.05) is 31.1 Å². The van der Waals surface area contributed by atoms with E-state index in [2.05, 4.69) is 26.6 Å². The number of pyridine rings is 1. The maximum Gasteiger partial charge on any atom is 0.298 e. The number of aromatic nitrogens is 1. The van der Waals surface area contributed by atoms with Crippen LogP contribution in [0.15, 0.2) is 42.5 Å². The molecule has 1 amide bonds. The van der Waals surface area contributed by atoms with Crippen LogP contribution in [0.3, 0.4) is 0 Å². The summed E-state index contributed by atoms with van der Waals surface area (Å²) >= 11 is 0. The molecule has 5 nitrogen and oxygen atoms in total. The van der Waals surface area contributed by atoms with E-state index in [1.54, 1.807) is 11.0 Å². The second-order valence-electron chi connectivity index (χ2n) is 5.80. The minimum absolute atomic E-state index is 0.161. The molecule has 2 aromatic rings. The Balaban J connectivity index is 1.65. The molecule has 0 unspecified atom stereocenters. The van der Waals surface area contributed by atoms with Crippen LogP contribution >= 0.6 is 0 Å². The molecule has 1 saturated heterocycles. The fourth-order valence-electron chi connectivity index (χ4n) is 2.70. The Morgan fingerprint density at radius 1 is 1.12 bits per heavy atom. The average Bonchev–Trinajstić information content (AvgIpc) is 2.67. The molecule has 0 N–H and O–H groups in total. The molecule has 1 aliphatic heterocycles. The molecule has 1 fully saturated rings. The number of benzene rings is 1. The van der Waals surface area contributed by atoms with Crippen LogP contribution in [-0.2, 0) is 4.79 Å². The second-order valence-corrected chi connectivity index (χ2v) is 5.80. The van der Waals surface area contributed by atoms with Crippen molar-refractivity contribution in [2.24, 2.45) is 0 Å². The van der Waals surface area contributed by atoms with Crippen LogP contribution in [0.4, 0.5) is 11.5 Å². The molecule has 5 heteroatoms. The summed E-state index contributed by atoms with van der Waals surface area (Å²) in [5, 5.41) is 0. The molecule has 0 bridgehead atoms. The first-order valence-electron chi connectivity index (χ1n) is 8.13. The second kappa shape index (κ2) is 7.51. The van der Waals surface area contributed by atoms with E-state index in [1.807, 2.05) is 43.3 Å². The van der Waals surface area contributed by atoms with Crippen molar-refractivity contribution >= 4 is 17.4 Å². The van der Waals surface area contributed by atoms with E-state index in [0.29, 0.717) is 37.7 Å². The molecule has 2 heterocycles. The standard InChI is InChI=1S/C20H18N4O/c1-16-8-10-18(21-2)20(22-16)24-14-12-23(13-15-24)19(25)11-9-17-6-4-3-5-7-17/h3-8,10H,12-15H2,1H3. The number of aryl methyl sites for hydroxylation is 1. The number of anilines is 1. The van der Waals surface area contributed by atoms with Crippen molar-refractivity contribution in [1.29, 1.82) is 0 Å². The minimum atomic E-state index is -0.161. The fraction of sp³-hybridized carbons (Fsp3) is 0.250. The van der Waals surface area contributed by atoms with Gasteiger partial charge >= 0.3 is 0 Å². The van der Waals surface area contributed by atoms with Gasteiger partial charge in [-0.2, -0.15) is 0 Å². The normalized spacial score (nSPS) is 13.6. The summed E-state index contributed by atoms with van der Waals surface area (Å²) in [5.74, 6) is 6.16. The number of piperazine rings is 1. The zero-order valence-corrected chi connectivity index (χ0v) is 14.1. The van der Waals surface area contributed by atoms with Gasteiger partial charge in [-0.05, 0) is 19.1 Å². The van der Waals surface area contributed by atoms with E-state index in [0.717, 1.165) is 11.3 Å². The predicted molar refractivity (Wildman–Crippen MR) is 97.3 cm³/mol. The van der Waals surface area contributed by atoms with E-state index in [-0.39, 0.29) is 5.91 Å². The van der Waals surface area contributed by atoms with Gasteiger partial charge in [0.1, 0.15) is 5.82 Å². The number of hydrogen-bond donors (Lipinski definition) is 0.